The van der Waals surface area contributed by atoms with Gasteiger partial charge in [0, 0.05) is 19.0 Å². The van der Waals surface area contributed by atoms with Gasteiger partial charge in [0.15, 0.2) is 5.82 Å². The lowest BCUT2D eigenvalue weighted by atomic mass is 10.2. The predicted molar refractivity (Wildman–Crippen MR) is 72.0 cm³/mol. The molecule has 2 rings (SSSR count). The van der Waals surface area contributed by atoms with Crippen LogP contribution in [0.2, 0.25) is 0 Å². The zero-order valence-corrected chi connectivity index (χ0v) is 11.5. The molecule has 2 aromatic heterocycles. The van der Waals surface area contributed by atoms with Crippen LogP contribution in [0.5, 0.6) is 0 Å². The zero-order chi connectivity index (χ0) is 14.0. The second-order valence-corrected chi connectivity index (χ2v) is 4.84. The highest BCUT2D eigenvalue weighted by atomic mass is 16.1. The van der Waals surface area contributed by atoms with E-state index in [1.807, 2.05) is 32.4 Å². The maximum absolute atomic E-state index is 11.6. The van der Waals surface area contributed by atoms with Crippen molar-refractivity contribution >= 4 is 5.82 Å². The van der Waals surface area contributed by atoms with Gasteiger partial charge in [-0.1, -0.05) is 13.8 Å². The van der Waals surface area contributed by atoms with Gasteiger partial charge in [0.05, 0.1) is 6.04 Å². The van der Waals surface area contributed by atoms with Gasteiger partial charge in [0.2, 0.25) is 0 Å². The maximum atomic E-state index is 11.6. The van der Waals surface area contributed by atoms with Crippen molar-refractivity contribution in [1.82, 2.24) is 24.7 Å². The molecule has 1 atom stereocenters. The van der Waals surface area contributed by atoms with Gasteiger partial charge in [-0.25, -0.2) is 4.98 Å². The molecule has 0 aliphatic carbocycles. The number of nitrogens with zero attached hydrogens (tertiary/aromatic N) is 4. The van der Waals surface area contributed by atoms with E-state index in [4.69, 9.17) is 0 Å². The van der Waals surface area contributed by atoms with Crippen LogP contribution in [-0.2, 0) is 7.05 Å². The molecule has 0 saturated heterocycles. The van der Waals surface area contributed by atoms with Crippen molar-refractivity contribution in [2.24, 2.45) is 7.05 Å². The molecule has 19 heavy (non-hydrogen) atoms. The molecule has 102 valence electrons. The lowest BCUT2D eigenvalue weighted by molar-refractivity contribution is 0.709. The Morgan fingerprint density at radius 1 is 1.37 bits per heavy atom. The first-order valence-corrected chi connectivity index (χ1v) is 6.19. The predicted octanol–water partition coefficient (Wildman–Crippen LogP) is 1.19. The minimum atomic E-state index is -0.161. The summed E-state index contributed by atoms with van der Waals surface area (Å²) in [4.78, 5) is 18.7. The average Bonchev–Trinajstić information content (AvgIpc) is 2.74. The molecule has 1 unspecified atom stereocenters. The van der Waals surface area contributed by atoms with Gasteiger partial charge in [-0.3, -0.25) is 4.79 Å². The van der Waals surface area contributed by atoms with Crippen LogP contribution >= 0.6 is 0 Å². The summed E-state index contributed by atoms with van der Waals surface area (Å²) in [5, 5.41) is 11.0. The number of hydrogen-bond donors (Lipinski definition) is 2. The number of anilines is 1. The van der Waals surface area contributed by atoms with Crippen molar-refractivity contribution < 1.29 is 0 Å². The summed E-state index contributed by atoms with van der Waals surface area (Å²) in [5.41, 5.74) is -0.161. The van der Waals surface area contributed by atoms with Crippen molar-refractivity contribution in [2.45, 2.75) is 32.7 Å². The van der Waals surface area contributed by atoms with E-state index in [2.05, 4.69) is 25.5 Å². The summed E-state index contributed by atoms with van der Waals surface area (Å²) in [5.74, 6) is 2.16. The van der Waals surface area contributed by atoms with Gasteiger partial charge in [-0.2, -0.15) is 0 Å². The largest absolute Gasteiger partial charge is 0.360 e. The number of hydrogen-bond acceptors (Lipinski definition) is 5. The van der Waals surface area contributed by atoms with Crippen LogP contribution in [0.1, 0.15) is 44.4 Å². The van der Waals surface area contributed by atoms with Crippen LogP contribution < -0.4 is 10.9 Å². The van der Waals surface area contributed by atoms with Gasteiger partial charge in [0.25, 0.3) is 5.56 Å². The Morgan fingerprint density at radius 2 is 2.11 bits per heavy atom. The summed E-state index contributed by atoms with van der Waals surface area (Å²) >= 11 is 0. The van der Waals surface area contributed by atoms with Crippen molar-refractivity contribution in [1.29, 1.82) is 0 Å². The van der Waals surface area contributed by atoms with E-state index in [1.54, 1.807) is 6.33 Å². The molecule has 0 spiro atoms. The first kappa shape index (κ1) is 13.3. The third kappa shape index (κ3) is 2.98. The number of aromatic nitrogens is 5. The zero-order valence-electron chi connectivity index (χ0n) is 11.5. The van der Waals surface area contributed by atoms with E-state index >= 15 is 0 Å². The Morgan fingerprint density at radius 3 is 2.68 bits per heavy atom. The van der Waals surface area contributed by atoms with E-state index in [-0.39, 0.29) is 17.5 Å². The summed E-state index contributed by atoms with van der Waals surface area (Å²) < 4.78 is 1.83. The third-order valence-corrected chi connectivity index (χ3v) is 2.80. The molecular formula is C12H18N6O. The lowest BCUT2D eigenvalue weighted by Crippen LogP contribution is -2.18. The SMILES string of the molecule is CC(C)c1nc(NC(C)c2nncn2C)cc(=O)[nH]1. The molecule has 0 amide bonds. The van der Waals surface area contributed by atoms with Crippen LogP contribution in [0.4, 0.5) is 5.82 Å². The topological polar surface area (TPSA) is 88.5 Å². The van der Waals surface area contributed by atoms with Crippen LogP contribution in [0, 0.1) is 0 Å². The minimum Gasteiger partial charge on any atom is -0.360 e. The van der Waals surface area contributed by atoms with Gasteiger partial charge >= 0.3 is 0 Å². The Kier molecular flexibility index (Phi) is 3.64. The smallest absolute Gasteiger partial charge is 0.252 e. The van der Waals surface area contributed by atoms with E-state index in [1.165, 1.54) is 6.07 Å². The molecule has 7 nitrogen and oxygen atoms in total. The molecule has 0 saturated carbocycles. The van der Waals surface area contributed by atoms with Gasteiger partial charge < -0.3 is 14.9 Å². The summed E-state index contributed by atoms with van der Waals surface area (Å²) in [6, 6.07) is 1.36. The highest BCUT2D eigenvalue weighted by Crippen LogP contribution is 2.15. The van der Waals surface area contributed by atoms with Crippen LogP contribution in [0.3, 0.4) is 0 Å². The first-order chi connectivity index (χ1) is 8.97. The first-order valence-electron chi connectivity index (χ1n) is 6.19. The summed E-state index contributed by atoms with van der Waals surface area (Å²) in [6.07, 6.45) is 1.64. The molecule has 2 N–H and O–H groups in total. The minimum absolute atomic E-state index is 0.0817. The molecular weight excluding hydrogens is 244 g/mol. The summed E-state index contributed by atoms with van der Waals surface area (Å²) in [7, 11) is 1.87. The number of H-pyrrole nitrogens is 1. The molecule has 0 aromatic carbocycles. The van der Waals surface area contributed by atoms with Gasteiger partial charge in [-0.15, -0.1) is 10.2 Å². The fourth-order valence-electron chi connectivity index (χ4n) is 1.79. The molecule has 7 heteroatoms. The molecule has 0 radical (unpaired) electrons. The number of aromatic amines is 1. The standard InChI is InChI=1S/C12H18N6O/c1-7(2)11-15-9(5-10(19)16-11)14-8(3)12-17-13-6-18(12)4/h5-8H,1-4H3,(H2,14,15,16,19). The van der Waals surface area contributed by atoms with Crippen LogP contribution in [0.25, 0.3) is 0 Å². The fraction of sp³-hybridized carbons (Fsp3) is 0.500. The summed E-state index contributed by atoms with van der Waals surface area (Å²) in [6.45, 7) is 5.91. The van der Waals surface area contributed by atoms with E-state index in [0.717, 1.165) is 5.82 Å². The van der Waals surface area contributed by atoms with Crippen molar-refractivity contribution in [2.75, 3.05) is 5.32 Å². The van der Waals surface area contributed by atoms with E-state index < -0.39 is 0 Å². The average molecular weight is 262 g/mol. The van der Waals surface area contributed by atoms with Crippen LogP contribution in [-0.4, -0.2) is 24.7 Å². The molecule has 2 heterocycles. The molecule has 2 aromatic rings. The monoisotopic (exact) mass is 262 g/mol. The third-order valence-electron chi connectivity index (χ3n) is 2.80. The molecule has 0 bridgehead atoms. The number of rotatable bonds is 4. The fourth-order valence-corrected chi connectivity index (χ4v) is 1.79. The quantitative estimate of drug-likeness (QED) is 0.864. The molecule has 0 aliphatic rings. The number of aryl methyl sites for hydroxylation is 1. The molecule has 0 aliphatic heterocycles. The Hall–Kier alpha value is -2.18. The highest BCUT2D eigenvalue weighted by Gasteiger charge is 2.13. The second kappa shape index (κ2) is 5.21. The van der Waals surface area contributed by atoms with Gasteiger partial charge in [0.1, 0.15) is 18.0 Å². The second-order valence-electron chi connectivity index (χ2n) is 4.84. The number of nitrogens with one attached hydrogen (secondary N) is 2. The normalized spacial score (nSPS) is 12.7. The molecule has 0 fully saturated rings. The van der Waals surface area contributed by atoms with Crippen molar-refractivity contribution in [3.63, 3.8) is 0 Å². The van der Waals surface area contributed by atoms with Crippen molar-refractivity contribution in [3.8, 4) is 0 Å². The van der Waals surface area contributed by atoms with Crippen LogP contribution in [0.15, 0.2) is 17.2 Å². The Labute approximate surface area is 111 Å². The Bertz CT molecular complexity index is 615. The van der Waals surface area contributed by atoms with E-state index in [0.29, 0.717) is 11.6 Å². The Balaban J connectivity index is 2.24. The lowest BCUT2D eigenvalue weighted by Gasteiger charge is -2.14. The highest BCUT2D eigenvalue weighted by molar-refractivity contribution is 5.35. The van der Waals surface area contributed by atoms with Crippen molar-refractivity contribution in [3.05, 3.63) is 34.4 Å². The maximum Gasteiger partial charge on any atom is 0.252 e. The van der Waals surface area contributed by atoms with E-state index in [9.17, 15) is 4.79 Å². The van der Waals surface area contributed by atoms with Gasteiger partial charge in [-0.05, 0) is 6.92 Å².